The van der Waals surface area contributed by atoms with E-state index in [0.717, 1.165) is 11.9 Å². The molecule has 0 aliphatic carbocycles. The molecule has 1 atom stereocenters. The summed E-state index contributed by atoms with van der Waals surface area (Å²) in [4.78, 5) is 18.2. The second kappa shape index (κ2) is 5.04. The predicted octanol–water partition coefficient (Wildman–Crippen LogP) is 3.11. The van der Waals surface area contributed by atoms with Crippen LogP contribution in [0.3, 0.4) is 0 Å². The lowest BCUT2D eigenvalue weighted by molar-refractivity contribution is 0.636. The highest BCUT2D eigenvalue weighted by Gasteiger charge is 2.22. The molecule has 2 heterocycles. The number of benzene rings is 2. The van der Waals surface area contributed by atoms with Gasteiger partial charge in [-0.05, 0) is 30.2 Å². The number of nitrogens with zero attached hydrogens (tertiary/aromatic N) is 2. The highest BCUT2D eigenvalue weighted by Crippen LogP contribution is 2.37. The average molecular weight is 294 g/mol. The molecular formula is C17H14N2OS. The molecule has 1 unspecified atom stereocenters. The molecule has 0 fully saturated rings. The van der Waals surface area contributed by atoms with Crippen LogP contribution in [-0.2, 0) is 13.0 Å². The molecule has 1 aliphatic heterocycles. The molecule has 0 amide bonds. The third-order valence-corrected chi connectivity index (χ3v) is 5.15. The fourth-order valence-electron chi connectivity index (χ4n) is 2.81. The van der Waals surface area contributed by atoms with Crippen molar-refractivity contribution in [3.63, 3.8) is 0 Å². The lowest BCUT2D eigenvalue weighted by atomic mass is 10.1. The van der Waals surface area contributed by atoms with Crippen LogP contribution in [0.2, 0.25) is 0 Å². The molecule has 0 saturated heterocycles. The van der Waals surface area contributed by atoms with Crippen LogP contribution < -0.4 is 5.56 Å². The average Bonchev–Trinajstić information content (AvgIpc) is 2.93. The van der Waals surface area contributed by atoms with Gasteiger partial charge in [0.2, 0.25) is 0 Å². The Balaban J connectivity index is 1.64. The lowest BCUT2D eigenvalue weighted by Gasteiger charge is -2.11. The van der Waals surface area contributed by atoms with Crippen LogP contribution in [0.5, 0.6) is 0 Å². The van der Waals surface area contributed by atoms with E-state index >= 15 is 0 Å². The second-order valence-corrected chi connectivity index (χ2v) is 6.61. The summed E-state index contributed by atoms with van der Waals surface area (Å²) in [7, 11) is 0. The minimum absolute atomic E-state index is 0.0529. The van der Waals surface area contributed by atoms with Crippen molar-refractivity contribution >= 4 is 22.7 Å². The van der Waals surface area contributed by atoms with E-state index in [0.29, 0.717) is 17.2 Å². The molecular weight excluding hydrogens is 280 g/mol. The van der Waals surface area contributed by atoms with Crippen LogP contribution in [0.25, 0.3) is 10.9 Å². The number of aromatic nitrogens is 2. The molecule has 0 bridgehead atoms. The molecule has 0 radical (unpaired) electrons. The third kappa shape index (κ3) is 2.25. The van der Waals surface area contributed by atoms with Crippen molar-refractivity contribution in [2.75, 3.05) is 0 Å². The van der Waals surface area contributed by atoms with E-state index in [9.17, 15) is 4.79 Å². The standard InChI is InChI=1S/C17H14N2OS/c20-17-14-6-2-3-7-15(14)18-11-19(17)10-13-9-12-5-1-4-8-16(12)21-13/h1-8,11,13H,9-10H2. The number of rotatable bonds is 2. The van der Waals surface area contributed by atoms with Gasteiger partial charge in [0.25, 0.3) is 5.56 Å². The van der Waals surface area contributed by atoms with Crippen LogP contribution in [0.4, 0.5) is 0 Å². The van der Waals surface area contributed by atoms with Gasteiger partial charge in [0, 0.05) is 16.7 Å². The zero-order valence-corrected chi connectivity index (χ0v) is 12.2. The van der Waals surface area contributed by atoms with E-state index < -0.39 is 0 Å². The lowest BCUT2D eigenvalue weighted by Crippen LogP contribution is -2.25. The van der Waals surface area contributed by atoms with Gasteiger partial charge in [0.05, 0.1) is 17.2 Å². The van der Waals surface area contributed by atoms with E-state index in [1.165, 1.54) is 10.5 Å². The Morgan fingerprint density at radius 2 is 1.95 bits per heavy atom. The highest BCUT2D eigenvalue weighted by molar-refractivity contribution is 8.00. The summed E-state index contributed by atoms with van der Waals surface area (Å²) < 4.78 is 1.74. The van der Waals surface area contributed by atoms with Crippen molar-refractivity contribution in [1.82, 2.24) is 9.55 Å². The van der Waals surface area contributed by atoms with Gasteiger partial charge in [-0.3, -0.25) is 9.36 Å². The summed E-state index contributed by atoms with van der Waals surface area (Å²) in [5.41, 5.74) is 2.20. The van der Waals surface area contributed by atoms with Gasteiger partial charge < -0.3 is 0 Å². The molecule has 2 aromatic carbocycles. The maximum atomic E-state index is 12.5. The van der Waals surface area contributed by atoms with Crippen molar-refractivity contribution in [3.8, 4) is 0 Å². The van der Waals surface area contributed by atoms with Crippen molar-refractivity contribution in [3.05, 3.63) is 70.8 Å². The Labute approximate surface area is 126 Å². The molecule has 0 N–H and O–H groups in total. The molecule has 1 aromatic heterocycles. The minimum atomic E-state index is 0.0529. The Kier molecular flexibility index (Phi) is 3.04. The molecule has 21 heavy (non-hydrogen) atoms. The topological polar surface area (TPSA) is 34.9 Å². The first-order valence-corrected chi connectivity index (χ1v) is 7.88. The smallest absolute Gasteiger partial charge is 0.261 e. The molecule has 0 saturated carbocycles. The van der Waals surface area contributed by atoms with Gasteiger partial charge in [-0.1, -0.05) is 30.3 Å². The first-order valence-electron chi connectivity index (χ1n) is 7.00. The van der Waals surface area contributed by atoms with Crippen molar-refractivity contribution in [2.45, 2.75) is 23.1 Å². The monoisotopic (exact) mass is 294 g/mol. The van der Waals surface area contributed by atoms with Crippen LogP contribution in [0.1, 0.15) is 5.56 Å². The van der Waals surface area contributed by atoms with Crippen LogP contribution in [0, 0.1) is 0 Å². The minimum Gasteiger partial charge on any atom is -0.298 e. The number of para-hydroxylation sites is 1. The summed E-state index contributed by atoms with van der Waals surface area (Å²) >= 11 is 1.86. The normalized spacial score (nSPS) is 17.0. The van der Waals surface area contributed by atoms with Gasteiger partial charge in [-0.15, -0.1) is 11.8 Å². The largest absolute Gasteiger partial charge is 0.298 e. The van der Waals surface area contributed by atoms with Gasteiger partial charge in [-0.2, -0.15) is 0 Å². The number of hydrogen-bond donors (Lipinski definition) is 0. The molecule has 4 rings (SSSR count). The van der Waals surface area contributed by atoms with Gasteiger partial charge in [0.1, 0.15) is 0 Å². The Hall–Kier alpha value is -2.07. The van der Waals surface area contributed by atoms with Crippen molar-refractivity contribution in [2.24, 2.45) is 0 Å². The number of thioether (sulfide) groups is 1. The van der Waals surface area contributed by atoms with Gasteiger partial charge in [-0.25, -0.2) is 4.98 Å². The Bertz CT molecular complexity index is 847. The maximum absolute atomic E-state index is 12.5. The fourth-order valence-corrected chi connectivity index (χ4v) is 4.13. The van der Waals surface area contributed by atoms with E-state index in [1.807, 2.05) is 36.0 Å². The van der Waals surface area contributed by atoms with E-state index in [2.05, 4.69) is 29.2 Å². The third-order valence-electron chi connectivity index (χ3n) is 3.85. The maximum Gasteiger partial charge on any atom is 0.261 e. The summed E-state index contributed by atoms with van der Waals surface area (Å²) in [6, 6.07) is 16.0. The summed E-state index contributed by atoms with van der Waals surface area (Å²) in [6.07, 6.45) is 2.69. The van der Waals surface area contributed by atoms with E-state index in [-0.39, 0.29) is 5.56 Å². The quantitative estimate of drug-likeness (QED) is 0.728. The molecule has 1 aliphatic rings. The summed E-state index contributed by atoms with van der Waals surface area (Å²) in [6.45, 7) is 0.704. The molecule has 0 spiro atoms. The predicted molar refractivity (Wildman–Crippen MR) is 85.8 cm³/mol. The first-order chi connectivity index (χ1) is 10.3. The first kappa shape index (κ1) is 12.7. The molecule has 3 aromatic rings. The fraction of sp³-hybridized carbons (Fsp3) is 0.176. The van der Waals surface area contributed by atoms with E-state index in [4.69, 9.17) is 0 Å². The van der Waals surface area contributed by atoms with Crippen molar-refractivity contribution < 1.29 is 0 Å². The van der Waals surface area contributed by atoms with Crippen molar-refractivity contribution in [1.29, 1.82) is 0 Å². The van der Waals surface area contributed by atoms with Crippen LogP contribution in [-0.4, -0.2) is 14.8 Å². The van der Waals surface area contributed by atoms with Crippen LogP contribution >= 0.6 is 11.8 Å². The summed E-state index contributed by atoms with van der Waals surface area (Å²) in [5, 5.41) is 1.10. The zero-order chi connectivity index (χ0) is 14.2. The number of fused-ring (bicyclic) bond motifs is 2. The van der Waals surface area contributed by atoms with Gasteiger partial charge in [0.15, 0.2) is 0 Å². The van der Waals surface area contributed by atoms with Crippen LogP contribution in [0.15, 0.2) is 64.5 Å². The number of hydrogen-bond acceptors (Lipinski definition) is 3. The SMILES string of the molecule is O=c1c2ccccc2ncn1CC1Cc2ccccc2S1. The zero-order valence-electron chi connectivity index (χ0n) is 11.4. The van der Waals surface area contributed by atoms with E-state index in [1.54, 1.807) is 10.9 Å². The Morgan fingerprint density at radius 1 is 1.14 bits per heavy atom. The molecule has 104 valence electrons. The Morgan fingerprint density at radius 3 is 2.86 bits per heavy atom. The second-order valence-electron chi connectivity index (χ2n) is 5.27. The summed E-state index contributed by atoms with van der Waals surface area (Å²) in [5.74, 6) is 0. The highest BCUT2D eigenvalue weighted by atomic mass is 32.2. The molecule has 3 nitrogen and oxygen atoms in total. The van der Waals surface area contributed by atoms with Gasteiger partial charge >= 0.3 is 0 Å². The molecule has 4 heteroatoms.